The van der Waals surface area contributed by atoms with Gasteiger partial charge in [0.1, 0.15) is 0 Å². The molecule has 1 aromatic heterocycles. The molecule has 1 heterocycles. The maximum Gasteiger partial charge on any atom is 0.277 e. The van der Waals surface area contributed by atoms with Crippen molar-refractivity contribution in [1.29, 1.82) is 0 Å². The number of hydrogen-bond acceptors (Lipinski definition) is 6. The zero-order valence-corrected chi connectivity index (χ0v) is 18.1. The fraction of sp³-hybridized carbons (Fsp3) is 0.0455. The number of thioether (sulfide) groups is 1. The zero-order chi connectivity index (χ0) is 20.8. The molecule has 1 N–H and O–H groups in total. The highest BCUT2D eigenvalue weighted by Crippen LogP contribution is 2.29. The van der Waals surface area contributed by atoms with Crippen molar-refractivity contribution in [2.75, 3.05) is 10.8 Å². The number of amides is 1. The predicted octanol–water partition coefficient (Wildman–Crippen LogP) is 5.46. The summed E-state index contributed by atoms with van der Waals surface area (Å²) in [5, 5.41) is 10.2. The van der Waals surface area contributed by atoms with E-state index in [0.29, 0.717) is 11.1 Å². The largest absolute Gasteiger partial charge is 0.411 e. The Morgan fingerprint density at radius 1 is 0.900 bits per heavy atom. The van der Waals surface area contributed by atoms with E-state index >= 15 is 0 Å². The molecule has 0 bridgehead atoms. The fourth-order valence-corrected chi connectivity index (χ4v) is 3.74. The lowest BCUT2D eigenvalue weighted by molar-refractivity contribution is -0.118. The van der Waals surface area contributed by atoms with Crippen molar-refractivity contribution >= 4 is 45.0 Å². The Kier molecular flexibility index (Phi) is 6.46. The number of rotatable bonds is 7. The second-order valence-corrected chi connectivity index (χ2v) is 7.96. The van der Waals surface area contributed by atoms with Crippen LogP contribution in [0.15, 0.2) is 99.0 Å². The van der Waals surface area contributed by atoms with Gasteiger partial charge in [0.05, 0.1) is 22.7 Å². The number of nitrogens with zero attached hydrogens (tertiary/aromatic N) is 3. The summed E-state index contributed by atoms with van der Waals surface area (Å²) in [5.74, 6) is 0.349. The van der Waals surface area contributed by atoms with E-state index in [-0.39, 0.29) is 11.7 Å². The molecule has 4 aromatic rings. The minimum Gasteiger partial charge on any atom is -0.411 e. The van der Waals surface area contributed by atoms with Crippen molar-refractivity contribution in [3.8, 4) is 11.5 Å². The number of carbonyl (C=O) groups excluding carboxylic acids is 1. The zero-order valence-electron chi connectivity index (χ0n) is 15.7. The number of halogens is 1. The van der Waals surface area contributed by atoms with Crippen molar-refractivity contribution in [3.63, 3.8) is 0 Å². The Morgan fingerprint density at radius 2 is 1.50 bits per heavy atom. The summed E-state index contributed by atoms with van der Waals surface area (Å²) in [7, 11) is 0. The molecule has 4 rings (SSSR count). The highest BCUT2D eigenvalue weighted by Gasteiger charge is 2.16. The normalized spacial score (nSPS) is 10.6. The lowest BCUT2D eigenvalue weighted by Gasteiger charge is -2.25. The van der Waals surface area contributed by atoms with Crippen molar-refractivity contribution < 1.29 is 9.21 Å². The molecule has 3 aromatic carbocycles. The quantitative estimate of drug-likeness (QED) is 0.279. The van der Waals surface area contributed by atoms with Gasteiger partial charge < -0.3 is 4.42 Å². The van der Waals surface area contributed by atoms with E-state index in [4.69, 9.17) is 4.42 Å². The molecule has 0 aliphatic rings. The number of aromatic nitrogens is 2. The van der Waals surface area contributed by atoms with E-state index in [9.17, 15) is 4.79 Å². The highest BCUT2D eigenvalue weighted by atomic mass is 79.9. The molecule has 0 aliphatic heterocycles. The van der Waals surface area contributed by atoms with Crippen LogP contribution < -0.4 is 10.4 Å². The van der Waals surface area contributed by atoms with Crippen LogP contribution in [0.1, 0.15) is 0 Å². The standard InChI is InChI=1S/C22H17BrN4O2S/c23-19-14-8-7-13-18(19)21-24-25-22(29-21)30-15-20(28)26-27(16-9-3-1-4-10-16)17-11-5-2-6-12-17/h1-14H,15H2,(H,26,28). The van der Waals surface area contributed by atoms with E-state index < -0.39 is 0 Å². The molecule has 150 valence electrons. The van der Waals surface area contributed by atoms with Crippen LogP contribution in [0.25, 0.3) is 11.5 Å². The smallest absolute Gasteiger partial charge is 0.277 e. The van der Waals surface area contributed by atoms with Crippen molar-refractivity contribution in [1.82, 2.24) is 15.6 Å². The van der Waals surface area contributed by atoms with Crippen LogP contribution in [0, 0.1) is 0 Å². The van der Waals surface area contributed by atoms with E-state index in [0.717, 1.165) is 21.4 Å². The molecular formula is C22H17BrN4O2S. The second kappa shape index (κ2) is 9.60. The van der Waals surface area contributed by atoms with E-state index in [2.05, 4.69) is 31.6 Å². The third kappa shape index (κ3) is 4.90. The number of carbonyl (C=O) groups is 1. The van der Waals surface area contributed by atoms with Gasteiger partial charge in [-0.25, -0.2) is 0 Å². The Hall–Kier alpha value is -3.10. The number of benzene rings is 3. The van der Waals surface area contributed by atoms with Gasteiger partial charge in [0.2, 0.25) is 11.8 Å². The molecule has 0 radical (unpaired) electrons. The molecule has 8 heteroatoms. The van der Waals surface area contributed by atoms with Gasteiger partial charge >= 0.3 is 0 Å². The molecule has 0 fully saturated rings. The van der Waals surface area contributed by atoms with Gasteiger partial charge in [0, 0.05) is 4.47 Å². The second-order valence-electron chi connectivity index (χ2n) is 6.18. The summed E-state index contributed by atoms with van der Waals surface area (Å²) >= 11 is 4.66. The van der Waals surface area contributed by atoms with Crippen LogP contribution in [0.5, 0.6) is 0 Å². The maximum atomic E-state index is 12.6. The summed E-state index contributed by atoms with van der Waals surface area (Å²) < 4.78 is 6.56. The summed E-state index contributed by atoms with van der Waals surface area (Å²) in [6.45, 7) is 0. The first-order chi connectivity index (χ1) is 14.7. The summed E-state index contributed by atoms with van der Waals surface area (Å²) in [6, 6.07) is 26.9. The highest BCUT2D eigenvalue weighted by molar-refractivity contribution is 9.10. The Bertz CT molecular complexity index is 1080. The molecule has 0 saturated carbocycles. The Labute approximate surface area is 186 Å². The monoisotopic (exact) mass is 480 g/mol. The molecule has 0 saturated heterocycles. The molecule has 0 unspecified atom stereocenters. The van der Waals surface area contributed by atoms with Crippen LogP contribution in [-0.2, 0) is 4.79 Å². The molecule has 6 nitrogen and oxygen atoms in total. The number of anilines is 2. The van der Waals surface area contributed by atoms with Crippen LogP contribution in [-0.4, -0.2) is 21.9 Å². The lowest BCUT2D eigenvalue weighted by atomic mass is 10.2. The third-order valence-electron chi connectivity index (χ3n) is 4.10. The van der Waals surface area contributed by atoms with Gasteiger partial charge in [-0.2, -0.15) is 0 Å². The molecule has 0 aliphatic carbocycles. The van der Waals surface area contributed by atoms with Gasteiger partial charge in [-0.15, -0.1) is 10.2 Å². The average Bonchev–Trinajstić information content (AvgIpc) is 3.26. The molecular weight excluding hydrogens is 464 g/mol. The van der Waals surface area contributed by atoms with Crippen molar-refractivity contribution in [2.45, 2.75) is 5.22 Å². The van der Waals surface area contributed by atoms with Gasteiger partial charge in [0.15, 0.2) is 0 Å². The predicted molar refractivity (Wildman–Crippen MR) is 121 cm³/mol. The topological polar surface area (TPSA) is 71.3 Å². The number of para-hydroxylation sites is 2. The molecule has 0 spiro atoms. The van der Waals surface area contributed by atoms with Gasteiger partial charge in [-0.05, 0) is 52.3 Å². The van der Waals surface area contributed by atoms with Crippen molar-refractivity contribution in [3.05, 3.63) is 89.4 Å². The summed E-state index contributed by atoms with van der Waals surface area (Å²) in [5.41, 5.74) is 5.46. The van der Waals surface area contributed by atoms with Gasteiger partial charge in [-0.3, -0.25) is 15.2 Å². The Balaban J connectivity index is 1.43. The maximum absolute atomic E-state index is 12.6. The van der Waals surface area contributed by atoms with Gasteiger partial charge in [0.25, 0.3) is 5.22 Å². The lowest BCUT2D eigenvalue weighted by Crippen LogP contribution is -2.39. The van der Waals surface area contributed by atoms with E-state index in [1.165, 1.54) is 11.8 Å². The first-order valence-corrected chi connectivity index (χ1v) is 10.9. The van der Waals surface area contributed by atoms with Crippen LogP contribution >= 0.6 is 27.7 Å². The third-order valence-corrected chi connectivity index (χ3v) is 5.61. The summed E-state index contributed by atoms with van der Waals surface area (Å²) in [6.07, 6.45) is 0. The van der Waals surface area contributed by atoms with Gasteiger partial charge in [-0.1, -0.05) is 60.3 Å². The average molecular weight is 481 g/mol. The van der Waals surface area contributed by atoms with Crippen LogP contribution in [0.3, 0.4) is 0 Å². The molecule has 0 atom stereocenters. The van der Waals surface area contributed by atoms with Crippen LogP contribution in [0.2, 0.25) is 0 Å². The van der Waals surface area contributed by atoms with Crippen molar-refractivity contribution in [2.24, 2.45) is 0 Å². The number of hydrogen-bond donors (Lipinski definition) is 1. The minimum atomic E-state index is -0.187. The molecule has 1 amide bonds. The first kappa shape index (κ1) is 20.2. The molecule has 30 heavy (non-hydrogen) atoms. The SMILES string of the molecule is O=C(CSc1nnc(-c2ccccc2Br)o1)NN(c1ccccc1)c1ccccc1. The minimum absolute atomic E-state index is 0.133. The Morgan fingerprint density at radius 3 is 2.13 bits per heavy atom. The first-order valence-electron chi connectivity index (χ1n) is 9.11. The van der Waals surface area contributed by atoms with E-state index in [1.54, 1.807) is 5.01 Å². The van der Waals surface area contributed by atoms with E-state index in [1.807, 2.05) is 84.9 Å². The number of nitrogens with one attached hydrogen (secondary N) is 1. The number of hydrazine groups is 1. The fourth-order valence-electron chi connectivity index (χ4n) is 2.73. The summed E-state index contributed by atoms with van der Waals surface area (Å²) in [4.78, 5) is 12.6. The van der Waals surface area contributed by atoms with Crippen LogP contribution in [0.4, 0.5) is 11.4 Å².